The molecule has 0 amide bonds. The highest BCUT2D eigenvalue weighted by molar-refractivity contribution is 5.83. The number of unbranched alkanes of at least 4 members (excludes halogenated alkanes) is 12. The Bertz CT molecular complexity index is 640. The average Bonchev–Trinajstić information content (AvgIpc) is 2.72. The smallest absolute Gasteiger partial charge is 0.0181 e. The lowest BCUT2D eigenvalue weighted by molar-refractivity contribution is 0.575. The predicted octanol–water partition coefficient (Wildman–Crippen LogP) is 9.43. The Morgan fingerprint density at radius 1 is 0.429 bits per heavy atom. The Kier molecular flexibility index (Phi) is 12.0. The number of fused-ring (bicyclic) bond motifs is 1. The lowest BCUT2D eigenvalue weighted by Crippen LogP contribution is -1.89. The van der Waals surface area contributed by atoms with Crippen LogP contribution in [0.5, 0.6) is 0 Å². The summed E-state index contributed by atoms with van der Waals surface area (Å²) in [5, 5.41) is 2.84. The van der Waals surface area contributed by atoms with Gasteiger partial charge in [0.2, 0.25) is 0 Å². The van der Waals surface area contributed by atoms with E-state index in [0.29, 0.717) is 0 Å². The number of hydrogen-bond acceptors (Lipinski definition) is 0. The quantitative estimate of drug-likeness (QED) is 0.254. The van der Waals surface area contributed by atoms with Crippen molar-refractivity contribution in [2.45, 2.75) is 117 Å². The molecule has 0 aliphatic rings. The molecular formula is C28H44. The predicted molar refractivity (Wildman–Crippen MR) is 127 cm³/mol. The first-order valence-electron chi connectivity index (χ1n) is 12.3. The summed E-state index contributed by atoms with van der Waals surface area (Å²) in [7, 11) is 0. The van der Waals surface area contributed by atoms with Gasteiger partial charge in [-0.25, -0.2) is 0 Å². The van der Waals surface area contributed by atoms with Crippen LogP contribution in [-0.2, 0) is 12.8 Å². The molecule has 156 valence electrons. The van der Waals surface area contributed by atoms with Crippen LogP contribution < -0.4 is 0 Å². The van der Waals surface area contributed by atoms with Crippen LogP contribution in [0.25, 0.3) is 10.8 Å². The van der Waals surface area contributed by atoms with Gasteiger partial charge < -0.3 is 0 Å². The normalized spacial score (nSPS) is 11.4. The third kappa shape index (κ3) is 9.26. The van der Waals surface area contributed by atoms with Gasteiger partial charge in [-0.05, 0) is 47.6 Å². The number of rotatable bonds is 16. The van der Waals surface area contributed by atoms with Crippen molar-refractivity contribution >= 4 is 10.8 Å². The van der Waals surface area contributed by atoms with Gasteiger partial charge in [0, 0.05) is 0 Å². The van der Waals surface area contributed by atoms with Crippen molar-refractivity contribution in [1.29, 1.82) is 0 Å². The van der Waals surface area contributed by atoms with Crippen molar-refractivity contribution in [2.75, 3.05) is 0 Å². The van der Waals surface area contributed by atoms with Crippen molar-refractivity contribution in [3.05, 3.63) is 47.5 Å². The van der Waals surface area contributed by atoms with E-state index in [-0.39, 0.29) is 0 Å². The topological polar surface area (TPSA) is 0 Å². The maximum absolute atomic E-state index is 2.42. The molecule has 0 aliphatic heterocycles. The van der Waals surface area contributed by atoms with E-state index in [1.54, 1.807) is 0 Å². The summed E-state index contributed by atoms with van der Waals surface area (Å²) in [6, 6.07) is 14.2. The number of hydrogen-bond donors (Lipinski definition) is 0. The summed E-state index contributed by atoms with van der Waals surface area (Å²) >= 11 is 0. The molecule has 2 aromatic carbocycles. The minimum Gasteiger partial charge on any atom is -0.0654 e. The van der Waals surface area contributed by atoms with Crippen LogP contribution in [0.1, 0.15) is 115 Å². The molecule has 0 atom stereocenters. The molecule has 2 rings (SSSR count). The second kappa shape index (κ2) is 14.7. The van der Waals surface area contributed by atoms with E-state index in [9.17, 15) is 0 Å². The van der Waals surface area contributed by atoms with Crippen molar-refractivity contribution in [3.63, 3.8) is 0 Å². The van der Waals surface area contributed by atoms with E-state index in [0.717, 1.165) is 0 Å². The Hall–Kier alpha value is -1.30. The van der Waals surface area contributed by atoms with Gasteiger partial charge in [0.15, 0.2) is 0 Å². The van der Waals surface area contributed by atoms with Crippen LogP contribution in [0.4, 0.5) is 0 Å². The summed E-state index contributed by atoms with van der Waals surface area (Å²) in [5.41, 5.74) is 3.03. The summed E-state index contributed by atoms with van der Waals surface area (Å²) < 4.78 is 0. The summed E-state index contributed by atoms with van der Waals surface area (Å²) in [6.45, 7) is 4.58. The molecule has 0 unspecified atom stereocenters. The first kappa shape index (κ1) is 23.0. The molecule has 2 aromatic rings. The van der Waals surface area contributed by atoms with Crippen molar-refractivity contribution in [1.82, 2.24) is 0 Å². The fraction of sp³-hybridized carbons (Fsp3) is 0.643. The largest absolute Gasteiger partial charge is 0.0654 e. The van der Waals surface area contributed by atoms with Crippen LogP contribution >= 0.6 is 0 Å². The molecule has 0 heteroatoms. The van der Waals surface area contributed by atoms with Crippen LogP contribution in [0.2, 0.25) is 0 Å². The zero-order chi connectivity index (χ0) is 19.9. The third-order valence-corrected chi connectivity index (χ3v) is 6.11. The van der Waals surface area contributed by atoms with Gasteiger partial charge in [-0.15, -0.1) is 0 Å². The minimum atomic E-state index is 1.24. The standard InChI is InChI=1S/C28H44/c1-3-5-7-9-11-12-14-16-18-26-20-22-27-23-25(19-21-28(27)24-26)17-15-13-10-8-6-4-2/h19-24H,3-18H2,1-2H3. The van der Waals surface area contributed by atoms with Crippen LogP contribution in [-0.4, -0.2) is 0 Å². The van der Waals surface area contributed by atoms with Crippen LogP contribution in [0.15, 0.2) is 36.4 Å². The minimum absolute atomic E-state index is 1.24. The van der Waals surface area contributed by atoms with E-state index in [1.807, 2.05) is 0 Å². The van der Waals surface area contributed by atoms with Gasteiger partial charge in [-0.3, -0.25) is 0 Å². The highest BCUT2D eigenvalue weighted by Gasteiger charge is 2.01. The molecule has 0 N–H and O–H groups in total. The van der Waals surface area contributed by atoms with E-state index in [2.05, 4.69) is 50.2 Å². The Morgan fingerprint density at radius 2 is 0.786 bits per heavy atom. The van der Waals surface area contributed by atoms with Gasteiger partial charge in [-0.1, -0.05) is 127 Å². The fourth-order valence-corrected chi connectivity index (χ4v) is 4.23. The number of benzene rings is 2. The highest BCUT2D eigenvalue weighted by Crippen LogP contribution is 2.21. The van der Waals surface area contributed by atoms with Gasteiger partial charge in [-0.2, -0.15) is 0 Å². The molecule has 0 aromatic heterocycles. The molecule has 0 radical (unpaired) electrons. The molecule has 0 fully saturated rings. The number of aryl methyl sites for hydroxylation is 2. The second-order valence-electron chi connectivity index (χ2n) is 8.76. The molecule has 0 saturated heterocycles. The first-order chi connectivity index (χ1) is 13.8. The first-order valence-corrected chi connectivity index (χ1v) is 12.3. The van der Waals surface area contributed by atoms with Crippen molar-refractivity contribution in [2.24, 2.45) is 0 Å². The zero-order valence-corrected chi connectivity index (χ0v) is 18.8. The molecule has 0 spiro atoms. The fourth-order valence-electron chi connectivity index (χ4n) is 4.23. The van der Waals surface area contributed by atoms with E-state index in [4.69, 9.17) is 0 Å². The van der Waals surface area contributed by atoms with Gasteiger partial charge in [0.1, 0.15) is 0 Å². The summed E-state index contributed by atoms with van der Waals surface area (Å²) in [4.78, 5) is 0. The molecule has 0 saturated carbocycles. The maximum atomic E-state index is 2.42. The van der Waals surface area contributed by atoms with Gasteiger partial charge >= 0.3 is 0 Å². The van der Waals surface area contributed by atoms with E-state index < -0.39 is 0 Å². The van der Waals surface area contributed by atoms with Gasteiger partial charge in [0.05, 0.1) is 0 Å². The third-order valence-electron chi connectivity index (χ3n) is 6.11. The zero-order valence-electron chi connectivity index (χ0n) is 18.8. The van der Waals surface area contributed by atoms with Gasteiger partial charge in [0.25, 0.3) is 0 Å². The van der Waals surface area contributed by atoms with Crippen LogP contribution in [0.3, 0.4) is 0 Å². The monoisotopic (exact) mass is 380 g/mol. The Labute approximate surface area is 175 Å². The molecule has 28 heavy (non-hydrogen) atoms. The van der Waals surface area contributed by atoms with Crippen molar-refractivity contribution in [3.8, 4) is 0 Å². The Balaban J connectivity index is 1.68. The van der Waals surface area contributed by atoms with Crippen LogP contribution in [0, 0.1) is 0 Å². The molecular weight excluding hydrogens is 336 g/mol. The molecule has 0 aliphatic carbocycles. The lowest BCUT2D eigenvalue weighted by atomic mass is 9.98. The second-order valence-corrected chi connectivity index (χ2v) is 8.76. The molecule has 0 heterocycles. The SMILES string of the molecule is CCCCCCCCCCc1ccc2cc(CCCCCCCC)ccc2c1. The molecule has 0 nitrogen and oxygen atoms in total. The summed E-state index contributed by atoms with van der Waals surface area (Å²) in [5.74, 6) is 0. The lowest BCUT2D eigenvalue weighted by Gasteiger charge is -2.07. The van der Waals surface area contributed by atoms with E-state index >= 15 is 0 Å². The average molecular weight is 381 g/mol. The van der Waals surface area contributed by atoms with Crippen molar-refractivity contribution < 1.29 is 0 Å². The summed E-state index contributed by atoms with van der Waals surface area (Å²) in [6.07, 6.45) is 22.0. The highest BCUT2D eigenvalue weighted by atomic mass is 14.1. The Morgan fingerprint density at radius 3 is 1.18 bits per heavy atom. The maximum Gasteiger partial charge on any atom is -0.0181 e. The van der Waals surface area contributed by atoms with E-state index in [1.165, 1.54) is 125 Å². The molecule has 0 bridgehead atoms.